The van der Waals surface area contributed by atoms with E-state index in [-0.39, 0.29) is 5.41 Å². The smallest absolute Gasteiger partial charge is 0.120 e. The molecule has 0 aliphatic heterocycles. The Hall–Kier alpha value is -0.550. The van der Waals surface area contributed by atoms with Crippen LogP contribution in [-0.4, -0.2) is 5.94 Å². The van der Waals surface area contributed by atoms with Crippen LogP contribution in [0.1, 0.15) is 52.4 Å². The number of rotatable bonds is 2. The van der Waals surface area contributed by atoms with Crippen LogP contribution in [0.4, 0.5) is 0 Å². The molecule has 77 valence electrons. The lowest BCUT2D eigenvalue weighted by Crippen LogP contribution is -2.34. The molecule has 0 bridgehead atoms. The summed E-state index contributed by atoms with van der Waals surface area (Å²) in [5.74, 6) is 3.59. The third kappa shape index (κ3) is 1.05. The number of hydrogen-bond acceptors (Lipinski definition) is 1. The summed E-state index contributed by atoms with van der Waals surface area (Å²) < 4.78 is 0. The Balaban J connectivity index is 2.42. The molecule has 0 heterocycles. The van der Waals surface area contributed by atoms with Gasteiger partial charge in [0.1, 0.15) is 5.94 Å². The van der Waals surface area contributed by atoms with E-state index in [4.69, 9.17) is 0 Å². The topological polar surface area (TPSA) is 17.1 Å². The summed E-state index contributed by atoms with van der Waals surface area (Å²) >= 11 is 0. The van der Waals surface area contributed by atoms with Crippen LogP contribution in [0.15, 0.2) is 6.08 Å². The third-order valence-electron chi connectivity index (χ3n) is 4.70. The first-order valence-electron chi connectivity index (χ1n) is 5.70. The zero-order chi connectivity index (χ0) is 10.2. The van der Waals surface area contributed by atoms with E-state index in [0.29, 0.717) is 5.41 Å². The molecule has 0 aromatic rings. The highest BCUT2D eigenvalue weighted by molar-refractivity contribution is 5.49. The molecule has 2 aliphatic rings. The van der Waals surface area contributed by atoms with Gasteiger partial charge in [0, 0.05) is 11.5 Å². The van der Waals surface area contributed by atoms with Crippen LogP contribution in [0.5, 0.6) is 0 Å². The number of fused-ring (bicyclic) bond motifs is 1. The summed E-state index contributed by atoms with van der Waals surface area (Å²) in [5, 5.41) is 0. The Labute approximate surface area is 86.6 Å². The first-order valence-corrected chi connectivity index (χ1v) is 5.70. The Morgan fingerprint density at radius 2 is 1.71 bits per heavy atom. The Morgan fingerprint density at radius 3 is 2.14 bits per heavy atom. The van der Waals surface area contributed by atoms with Crippen molar-refractivity contribution < 1.29 is 4.79 Å². The predicted octanol–water partition coefficient (Wildman–Crippen LogP) is 3.33. The van der Waals surface area contributed by atoms with E-state index >= 15 is 0 Å². The minimum absolute atomic E-state index is 0.188. The molecule has 14 heavy (non-hydrogen) atoms. The van der Waals surface area contributed by atoms with Crippen LogP contribution in [0, 0.1) is 16.7 Å². The second-order valence-electron chi connectivity index (χ2n) is 5.21. The molecule has 2 fully saturated rings. The van der Waals surface area contributed by atoms with Crippen molar-refractivity contribution >= 4 is 5.94 Å². The number of hydrogen-bond donors (Lipinski definition) is 0. The first kappa shape index (κ1) is 9.98. The molecule has 0 amide bonds. The fourth-order valence-corrected chi connectivity index (χ4v) is 4.03. The molecule has 1 heteroatoms. The van der Waals surface area contributed by atoms with Gasteiger partial charge in [-0.2, -0.15) is 0 Å². The molecule has 0 spiro atoms. The quantitative estimate of drug-likeness (QED) is 0.612. The van der Waals surface area contributed by atoms with Crippen molar-refractivity contribution in [3.63, 3.8) is 0 Å². The normalized spacial score (nSPS) is 41.1. The highest BCUT2D eigenvalue weighted by Gasteiger charge is 2.57. The molecule has 0 aromatic heterocycles. The van der Waals surface area contributed by atoms with Crippen LogP contribution < -0.4 is 0 Å². The summed E-state index contributed by atoms with van der Waals surface area (Å²) in [5.41, 5.74) is 0.540. The summed E-state index contributed by atoms with van der Waals surface area (Å²) in [6.07, 6.45) is 9.38. The van der Waals surface area contributed by atoms with Crippen molar-refractivity contribution in [3.05, 3.63) is 12.0 Å². The van der Waals surface area contributed by atoms with Crippen molar-refractivity contribution in [1.82, 2.24) is 0 Å². The van der Waals surface area contributed by atoms with Gasteiger partial charge in [0.25, 0.3) is 0 Å². The average molecular weight is 191 g/mol. The predicted molar refractivity (Wildman–Crippen MR) is 57.4 cm³/mol. The van der Waals surface area contributed by atoms with E-state index in [1.54, 1.807) is 0 Å². The maximum Gasteiger partial charge on any atom is 0.120 e. The summed E-state index contributed by atoms with van der Waals surface area (Å²) in [6.45, 7) is 4.48. The molecular weight excluding hydrogens is 172 g/mol. The molecule has 2 aliphatic carbocycles. The molecule has 2 rings (SSSR count). The van der Waals surface area contributed by atoms with Gasteiger partial charge in [-0.05, 0) is 37.0 Å². The van der Waals surface area contributed by atoms with Gasteiger partial charge in [0.2, 0.25) is 0 Å². The third-order valence-corrected chi connectivity index (χ3v) is 4.70. The second kappa shape index (κ2) is 3.24. The monoisotopic (exact) mass is 191 g/mol. The van der Waals surface area contributed by atoms with Crippen molar-refractivity contribution in [3.8, 4) is 0 Å². The van der Waals surface area contributed by atoms with Crippen molar-refractivity contribution in [1.29, 1.82) is 0 Å². The summed E-state index contributed by atoms with van der Waals surface area (Å²) in [7, 11) is 0. The number of carbonyl (C=O) groups excluding carboxylic acids is 1. The van der Waals surface area contributed by atoms with Crippen molar-refractivity contribution in [2.24, 2.45) is 10.8 Å². The van der Waals surface area contributed by atoms with Crippen LogP contribution in [0.3, 0.4) is 0 Å². The maximum absolute atomic E-state index is 10.7. The van der Waals surface area contributed by atoms with E-state index in [9.17, 15) is 4.79 Å². The van der Waals surface area contributed by atoms with Gasteiger partial charge in [-0.25, -0.2) is 4.79 Å². The van der Waals surface area contributed by atoms with Gasteiger partial charge in [0.05, 0.1) is 0 Å². The highest BCUT2D eigenvalue weighted by atomic mass is 16.1. The molecule has 0 atom stereocenters. The van der Waals surface area contributed by atoms with E-state index in [0.717, 1.165) is 0 Å². The lowest BCUT2D eigenvalue weighted by molar-refractivity contribution is 0.185. The fourth-order valence-electron chi connectivity index (χ4n) is 4.03. The minimum atomic E-state index is 0.188. The van der Waals surface area contributed by atoms with E-state index in [1.165, 1.54) is 44.4 Å². The molecule has 0 aromatic carbocycles. The summed E-state index contributed by atoms with van der Waals surface area (Å²) in [6, 6.07) is 0. The number of allylic oxidation sites excluding steroid dienone is 1. The zero-order valence-electron chi connectivity index (χ0n) is 9.23. The molecule has 1 nitrogen and oxygen atoms in total. The van der Waals surface area contributed by atoms with Gasteiger partial charge >= 0.3 is 0 Å². The SMILES string of the molecule is C[C](C)C12CCCC1(C=C=O)CCC2. The van der Waals surface area contributed by atoms with Crippen molar-refractivity contribution in [2.45, 2.75) is 52.4 Å². The van der Waals surface area contributed by atoms with Crippen LogP contribution in [-0.2, 0) is 4.79 Å². The van der Waals surface area contributed by atoms with Gasteiger partial charge < -0.3 is 0 Å². The molecular formula is C13H19O. The molecule has 0 unspecified atom stereocenters. The lowest BCUT2D eigenvalue weighted by atomic mass is 9.62. The van der Waals surface area contributed by atoms with Crippen molar-refractivity contribution in [2.75, 3.05) is 0 Å². The van der Waals surface area contributed by atoms with Gasteiger partial charge in [-0.15, -0.1) is 0 Å². The molecule has 0 N–H and O–H groups in total. The highest BCUT2D eigenvalue weighted by Crippen LogP contribution is 2.67. The molecule has 0 saturated heterocycles. The Morgan fingerprint density at radius 1 is 1.14 bits per heavy atom. The zero-order valence-corrected chi connectivity index (χ0v) is 9.23. The lowest BCUT2D eigenvalue weighted by Gasteiger charge is -2.41. The van der Waals surface area contributed by atoms with E-state index < -0.39 is 0 Å². The second-order valence-corrected chi connectivity index (χ2v) is 5.21. The van der Waals surface area contributed by atoms with E-state index in [2.05, 4.69) is 19.8 Å². The van der Waals surface area contributed by atoms with Crippen LogP contribution >= 0.6 is 0 Å². The fraction of sp³-hybridized carbons (Fsp3) is 0.769. The van der Waals surface area contributed by atoms with Crippen LogP contribution in [0.2, 0.25) is 0 Å². The largest absolute Gasteiger partial charge is 0.234 e. The van der Waals surface area contributed by atoms with Crippen LogP contribution in [0.25, 0.3) is 0 Å². The Bertz CT molecular complexity index is 261. The van der Waals surface area contributed by atoms with E-state index in [1.807, 2.05) is 6.08 Å². The van der Waals surface area contributed by atoms with Gasteiger partial charge in [-0.1, -0.05) is 26.7 Å². The molecule has 2 saturated carbocycles. The van der Waals surface area contributed by atoms with Gasteiger partial charge in [0.15, 0.2) is 0 Å². The van der Waals surface area contributed by atoms with Gasteiger partial charge in [-0.3, -0.25) is 0 Å². The standard InChI is InChI=1S/C13H19O/c1-11(2)13-7-3-5-12(13,9-10-14)6-4-8-13/h9H,3-8H2,1-2H3. The first-order chi connectivity index (χ1) is 6.67. The average Bonchev–Trinajstić information content (AvgIpc) is 2.59. The molecule has 1 radical (unpaired) electrons. The summed E-state index contributed by atoms with van der Waals surface area (Å²) in [4.78, 5) is 10.7. The Kier molecular flexibility index (Phi) is 2.31. The minimum Gasteiger partial charge on any atom is -0.234 e. The maximum atomic E-state index is 10.7.